The molecule has 19 heavy (non-hydrogen) atoms. The van der Waals surface area contributed by atoms with Gasteiger partial charge in [-0.15, -0.1) is 0 Å². The maximum Gasteiger partial charge on any atom is 0.137 e. The van der Waals surface area contributed by atoms with E-state index in [9.17, 15) is 5.11 Å². The Morgan fingerprint density at radius 3 is 3.05 bits per heavy atom. The molecular formula is C15H21NO3. The van der Waals surface area contributed by atoms with Crippen LogP contribution in [0.5, 0.6) is 5.75 Å². The first-order chi connectivity index (χ1) is 9.28. The van der Waals surface area contributed by atoms with Crippen molar-refractivity contribution in [1.29, 1.82) is 0 Å². The average Bonchev–Trinajstić information content (AvgIpc) is 3.07. The van der Waals surface area contributed by atoms with Crippen molar-refractivity contribution in [2.75, 3.05) is 6.61 Å². The third kappa shape index (κ3) is 2.60. The Kier molecular flexibility index (Phi) is 3.71. The number of aliphatic hydroxyl groups is 1. The fourth-order valence-electron chi connectivity index (χ4n) is 3.15. The first-order valence-corrected chi connectivity index (χ1v) is 7.19. The van der Waals surface area contributed by atoms with E-state index in [0.29, 0.717) is 12.7 Å². The molecule has 0 aliphatic carbocycles. The normalized spacial score (nSPS) is 30.5. The molecule has 104 valence electrons. The standard InChI is InChI=1S/C15H21NO3/c1-2-5-18-12-6-10(8-16-9-12)15(17)13-7-11-3-4-14(13)19-11/h6,8-9,11,13-15,17H,2-5,7H2,1H3. The topological polar surface area (TPSA) is 51.6 Å². The summed E-state index contributed by atoms with van der Waals surface area (Å²) in [5.74, 6) is 0.949. The van der Waals surface area contributed by atoms with Crippen LogP contribution in [0.4, 0.5) is 0 Å². The molecule has 3 heterocycles. The van der Waals surface area contributed by atoms with Crippen molar-refractivity contribution in [3.8, 4) is 5.75 Å². The number of hydrogen-bond donors (Lipinski definition) is 1. The number of rotatable bonds is 5. The Balaban J connectivity index is 1.70. The highest BCUT2D eigenvalue weighted by Crippen LogP contribution is 2.44. The van der Waals surface area contributed by atoms with Crippen LogP contribution in [0.15, 0.2) is 18.5 Å². The van der Waals surface area contributed by atoms with Crippen LogP contribution in [-0.2, 0) is 4.74 Å². The van der Waals surface area contributed by atoms with Crippen LogP contribution < -0.4 is 4.74 Å². The molecule has 0 amide bonds. The molecule has 2 fully saturated rings. The molecule has 0 aromatic carbocycles. The Labute approximate surface area is 113 Å². The predicted octanol–water partition coefficient (Wildman–Crippen LogP) is 2.47. The van der Waals surface area contributed by atoms with Crippen LogP contribution >= 0.6 is 0 Å². The summed E-state index contributed by atoms with van der Waals surface area (Å²) < 4.78 is 11.4. The molecule has 1 N–H and O–H groups in total. The van der Waals surface area contributed by atoms with Crippen LogP contribution in [-0.4, -0.2) is 28.9 Å². The molecule has 0 saturated carbocycles. The quantitative estimate of drug-likeness (QED) is 0.886. The molecule has 2 bridgehead atoms. The minimum Gasteiger partial charge on any atom is -0.492 e. The zero-order chi connectivity index (χ0) is 13.2. The molecule has 2 aliphatic heterocycles. The van der Waals surface area contributed by atoms with Crippen LogP contribution in [0.3, 0.4) is 0 Å². The monoisotopic (exact) mass is 263 g/mol. The first-order valence-electron chi connectivity index (χ1n) is 7.19. The van der Waals surface area contributed by atoms with Gasteiger partial charge in [0.05, 0.1) is 31.1 Å². The summed E-state index contributed by atoms with van der Waals surface area (Å²) in [7, 11) is 0. The third-order valence-electron chi connectivity index (χ3n) is 4.11. The van der Waals surface area contributed by atoms with E-state index < -0.39 is 6.10 Å². The number of pyridine rings is 1. The van der Waals surface area contributed by atoms with Crippen LogP contribution in [0.25, 0.3) is 0 Å². The molecule has 2 saturated heterocycles. The van der Waals surface area contributed by atoms with Gasteiger partial charge in [-0.05, 0) is 31.7 Å². The molecule has 3 rings (SSSR count). The number of hydrogen-bond acceptors (Lipinski definition) is 4. The Hall–Kier alpha value is -1.13. The number of aromatic nitrogens is 1. The second kappa shape index (κ2) is 5.47. The highest BCUT2D eigenvalue weighted by atomic mass is 16.5. The highest BCUT2D eigenvalue weighted by molar-refractivity contribution is 5.26. The van der Waals surface area contributed by atoms with Gasteiger partial charge in [-0.2, -0.15) is 0 Å². The van der Waals surface area contributed by atoms with Crippen molar-refractivity contribution < 1.29 is 14.6 Å². The molecular weight excluding hydrogens is 242 g/mol. The zero-order valence-electron chi connectivity index (χ0n) is 11.3. The molecule has 0 spiro atoms. The van der Waals surface area contributed by atoms with Crippen LogP contribution in [0.2, 0.25) is 0 Å². The van der Waals surface area contributed by atoms with Crippen LogP contribution in [0.1, 0.15) is 44.3 Å². The van der Waals surface area contributed by atoms with Gasteiger partial charge in [0, 0.05) is 17.7 Å². The summed E-state index contributed by atoms with van der Waals surface area (Å²) in [6.07, 6.45) is 7.67. The van der Waals surface area contributed by atoms with E-state index >= 15 is 0 Å². The first kappa shape index (κ1) is 12.9. The van der Waals surface area contributed by atoms with E-state index in [0.717, 1.165) is 37.0 Å². The summed E-state index contributed by atoms with van der Waals surface area (Å²) in [4.78, 5) is 4.17. The van der Waals surface area contributed by atoms with Crippen LogP contribution in [0, 0.1) is 5.92 Å². The van der Waals surface area contributed by atoms with Crippen molar-refractivity contribution in [3.63, 3.8) is 0 Å². The van der Waals surface area contributed by atoms with Crippen molar-refractivity contribution in [1.82, 2.24) is 4.98 Å². The maximum atomic E-state index is 10.5. The van der Waals surface area contributed by atoms with E-state index in [1.165, 1.54) is 0 Å². The fraction of sp³-hybridized carbons (Fsp3) is 0.667. The molecule has 1 aromatic rings. The van der Waals surface area contributed by atoms with Gasteiger partial charge >= 0.3 is 0 Å². The largest absolute Gasteiger partial charge is 0.492 e. The number of fused-ring (bicyclic) bond motifs is 2. The van der Waals surface area contributed by atoms with Gasteiger partial charge in [-0.1, -0.05) is 6.92 Å². The summed E-state index contributed by atoms with van der Waals surface area (Å²) in [5, 5.41) is 10.5. The molecule has 4 atom stereocenters. The third-order valence-corrected chi connectivity index (χ3v) is 4.11. The summed E-state index contributed by atoms with van der Waals surface area (Å²) >= 11 is 0. The molecule has 1 aromatic heterocycles. The van der Waals surface area contributed by atoms with E-state index in [2.05, 4.69) is 11.9 Å². The van der Waals surface area contributed by atoms with Gasteiger partial charge in [-0.3, -0.25) is 4.98 Å². The SMILES string of the molecule is CCCOc1cncc(C(O)C2CC3CCC2O3)c1. The Bertz CT molecular complexity index is 437. The van der Waals surface area contributed by atoms with Gasteiger partial charge in [0.1, 0.15) is 5.75 Å². The smallest absolute Gasteiger partial charge is 0.137 e. The summed E-state index contributed by atoms with van der Waals surface area (Å²) in [5.41, 5.74) is 0.842. The van der Waals surface area contributed by atoms with E-state index in [1.54, 1.807) is 12.4 Å². The minimum atomic E-state index is -0.493. The summed E-state index contributed by atoms with van der Waals surface area (Å²) in [6.45, 7) is 2.75. The van der Waals surface area contributed by atoms with Gasteiger partial charge in [0.15, 0.2) is 0 Å². The number of ether oxygens (including phenoxy) is 2. The lowest BCUT2D eigenvalue weighted by molar-refractivity contribution is 0.0420. The zero-order valence-corrected chi connectivity index (χ0v) is 11.3. The average molecular weight is 263 g/mol. The lowest BCUT2D eigenvalue weighted by Crippen LogP contribution is -2.23. The molecule has 4 nitrogen and oxygen atoms in total. The van der Waals surface area contributed by atoms with Gasteiger partial charge in [-0.25, -0.2) is 0 Å². The molecule has 2 aliphatic rings. The van der Waals surface area contributed by atoms with Crippen molar-refractivity contribution in [3.05, 3.63) is 24.0 Å². The number of aliphatic hydroxyl groups excluding tert-OH is 1. The van der Waals surface area contributed by atoms with Crippen molar-refractivity contribution >= 4 is 0 Å². The molecule has 0 radical (unpaired) electrons. The van der Waals surface area contributed by atoms with Crippen molar-refractivity contribution in [2.24, 2.45) is 5.92 Å². The fourth-order valence-corrected chi connectivity index (χ4v) is 3.15. The Morgan fingerprint density at radius 1 is 1.47 bits per heavy atom. The minimum absolute atomic E-state index is 0.210. The van der Waals surface area contributed by atoms with Gasteiger partial charge in [0.25, 0.3) is 0 Å². The maximum absolute atomic E-state index is 10.5. The van der Waals surface area contributed by atoms with Crippen molar-refractivity contribution in [2.45, 2.75) is 50.9 Å². The Morgan fingerprint density at radius 2 is 2.37 bits per heavy atom. The van der Waals surface area contributed by atoms with Gasteiger partial charge in [0.2, 0.25) is 0 Å². The molecule has 4 unspecified atom stereocenters. The summed E-state index contributed by atoms with van der Waals surface area (Å²) in [6, 6.07) is 1.90. The second-order valence-corrected chi connectivity index (χ2v) is 5.52. The lowest BCUT2D eigenvalue weighted by Gasteiger charge is -2.24. The molecule has 4 heteroatoms. The van der Waals surface area contributed by atoms with E-state index in [4.69, 9.17) is 9.47 Å². The van der Waals surface area contributed by atoms with E-state index in [-0.39, 0.29) is 12.0 Å². The lowest BCUT2D eigenvalue weighted by atomic mass is 9.83. The predicted molar refractivity (Wildman–Crippen MR) is 71.0 cm³/mol. The number of nitrogens with zero attached hydrogens (tertiary/aromatic N) is 1. The van der Waals surface area contributed by atoms with Gasteiger partial charge < -0.3 is 14.6 Å². The highest BCUT2D eigenvalue weighted by Gasteiger charge is 2.44. The van der Waals surface area contributed by atoms with E-state index in [1.807, 2.05) is 6.07 Å². The second-order valence-electron chi connectivity index (χ2n) is 5.52.